The highest BCUT2D eigenvalue weighted by Crippen LogP contribution is 1.89. The summed E-state index contributed by atoms with van der Waals surface area (Å²) in [6.07, 6.45) is 1.07. The molecule has 0 aromatic heterocycles. The van der Waals surface area contributed by atoms with E-state index in [4.69, 9.17) is 0 Å². The maximum atomic E-state index is 11.4. The van der Waals surface area contributed by atoms with E-state index in [0.29, 0.717) is 0 Å². The Morgan fingerprint density at radius 3 is 2.29 bits per heavy atom. The summed E-state index contributed by atoms with van der Waals surface area (Å²) in [6.45, 7) is 3.84. The van der Waals surface area contributed by atoms with E-state index in [1.54, 1.807) is 19.0 Å². The first-order chi connectivity index (χ1) is 6.45. The lowest BCUT2D eigenvalue weighted by Gasteiger charge is -2.18. The summed E-state index contributed by atoms with van der Waals surface area (Å²) >= 11 is 0. The first kappa shape index (κ1) is 13.4. The smallest absolute Gasteiger partial charge is 0.238 e. The molecular formula is C10H23N3O. The Labute approximate surface area is 87.3 Å². The van der Waals surface area contributed by atoms with Crippen LogP contribution in [-0.2, 0) is 4.79 Å². The minimum Gasteiger partial charge on any atom is -0.347 e. The number of amides is 1. The summed E-state index contributed by atoms with van der Waals surface area (Å²) in [5.41, 5.74) is 0. The normalized spacial score (nSPS) is 13.0. The molecule has 0 aliphatic rings. The third kappa shape index (κ3) is 5.94. The first-order valence-corrected chi connectivity index (χ1v) is 5.04. The zero-order valence-corrected chi connectivity index (χ0v) is 10.0. The van der Waals surface area contributed by atoms with Crippen LogP contribution in [0.25, 0.3) is 0 Å². The van der Waals surface area contributed by atoms with Crippen molar-refractivity contribution in [1.29, 1.82) is 0 Å². The molecular weight excluding hydrogens is 178 g/mol. The SMILES string of the molecule is CC(NCCCN(C)C)C(=O)N(C)C. The standard InChI is InChI=1S/C10H23N3O/c1-9(10(14)13(4)5)11-7-6-8-12(2)3/h9,11H,6-8H2,1-5H3. The van der Waals surface area contributed by atoms with Gasteiger partial charge in [-0.3, -0.25) is 4.79 Å². The number of nitrogens with one attached hydrogen (secondary N) is 1. The summed E-state index contributed by atoms with van der Waals surface area (Å²) < 4.78 is 0. The van der Waals surface area contributed by atoms with Crippen LogP contribution < -0.4 is 5.32 Å². The van der Waals surface area contributed by atoms with Gasteiger partial charge < -0.3 is 15.1 Å². The van der Waals surface area contributed by atoms with Crippen molar-refractivity contribution >= 4 is 5.91 Å². The number of rotatable bonds is 6. The zero-order chi connectivity index (χ0) is 11.1. The minimum atomic E-state index is -0.0767. The fourth-order valence-electron chi connectivity index (χ4n) is 1.19. The second-order valence-electron chi connectivity index (χ2n) is 4.07. The lowest BCUT2D eigenvalue weighted by atomic mass is 10.3. The fourth-order valence-corrected chi connectivity index (χ4v) is 1.19. The predicted octanol–water partition coefficient (Wildman–Crippen LogP) is 0.00440. The molecule has 0 fully saturated rings. The molecule has 14 heavy (non-hydrogen) atoms. The molecule has 0 radical (unpaired) electrons. The monoisotopic (exact) mass is 201 g/mol. The molecule has 0 spiro atoms. The average molecular weight is 201 g/mol. The Kier molecular flexibility index (Phi) is 6.49. The summed E-state index contributed by atoms with van der Waals surface area (Å²) in [6, 6.07) is -0.0767. The van der Waals surface area contributed by atoms with Gasteiger partial charge in [0.1, 0.15) is 0 Å². The lowest BCUT2D eigenvalue weighted by Crippen LogP contribution is -2.42. The van der Waals surface area contributed by atoms with Gasteiger partial charge in [0.15, 0.2) is 0 Å². The van der Waals surface area contributed by atoms with E-state index in [1.165, 1.54) is 0 Å². The van der Waals surface area contributed by atoms with Gasteiger partial charge in [-0.2, -0.15) is 0 Å². The summed E-state index contributed by atoms with van der Waals surface area (Å²) in [4.78, 5) is 15.2. The Morgan fingerprint density at radius 1 is 1.29 bits per heavy atom. The minimum absolute atomic E-state index is 0.0767. The van der Waals surface area contributed by atoms with Gasteiger partial charge in [0, 0.05) is 14.1 Å². The third-order valence-corrected chi connectivity index (χ3v) is 2.04. The maximum absolute atomic E-state index is 11.4. The van der Waals surface area contributed by atoms with E-state index < -0.39 is 0 Å². The van der Waals surface area contributed by atoms with Crippen molar-refractivity contribution < 1.29 is 4.79 Å². The van der Waals surface area contributed by atoms with Crippen molar-refractivity contribution in [3.63, 3.8) is 0 Å². The Hall–Kier alpha value is -0.610. The van der Waals surface area contributed by atoms with Crippen molar-refractivity contribution in [3.8, 4) is 0 Å². The fraction of sp³-hybridized carbons (Fsp3) is 0.900. The zero-order valence-electron chi connectivity index (χ0n) is 10.0. The Bertz CT molecular complexity index is 169. The molecule has 4 nitrogen and oxygen atoms in total. The largest absolute Gasteiger partial charge is 0.347 e. The number of likely N-dealkylation sites (N-methyl/N-ethyl adjacent to an activating group) is 1. The van der Waals surface area contributed by atoms with Gasteiger partial charge in [-0.1, -0.05) is 0 Å². The lowest BCUT2D eigenvalue weighted by molar-refractivity contribution is -0.130. The maximum Gasteiger partial charge on any atom is 0.238 e. The van der Waals surface area contributed by atoms with E-state index in [0.717, 1.165) is 19.5 Å². The average Bonchev–Trinajstić information content (AvgIpc) is 2.10. The van der Waals surface area contributed by atoms with Crippen molar-refractivity contribution in [1.82, 2.24) is 15.1 Å². The topological polar surface area (TPSA) is 35.6 Å². The van der Waals surface area contributed by atoms with Gasteiger partial charge in [-0.05, 0) is 40.5 Å². The van der Waals surface area contributed by atoms with E-state index in [-0.39, 0.29) is 11.9 Å². The number of nitrogens with zero attached hydrogens (tertiary/aromatic N) is 2. The molecule has 0 aromatic carbocycles. The highest BCUT2D eigenvalue weighted by Gasteiger charge is 2.12. The predicted molar refractivity (Wildman–Crippen MR) is 59.3 cm³/mol. The molecule has 0 aromatic rings. The summed E-state index contributed by atoms with van der Waals surface area (Å²) in [5, 5.41) is 3.20. The number of carbonyl (C=O) groups is 1. The molecule has 1 N–H and O–H groups in total. The first-order valence-electron chi connectivity index (χ1n) is 5.04. The molecule has 84 valence electrons. The number of hydrogen-bond donors (Lipinski definition) is 1. The second-order valence-corrected chi connectivity index (χ2v) is 4.07. The van der Waals surface area contributed by atoms with Gasteiger partial charge in [0.05, 0.1) is 6.04 Å². The Balaban J connectivity index is 3.54. The van der Waals surface area contributed by atoms with Gasteiger partial charge in [-0.25, -0.2) is 0 Å². The van der Waals surface area contributed by atoms with Crippen LogP contribution in [0.5, 0.6) is 0 Å². The molecule has 0 rings (SSSR count). The number of hydrogen-bond acceptors (Lipinski definition) is 3. The van der Waals surface area contributed by atoms with Crippen molar-refractivity contribution in [2.24, 2.45) is 0 Å². The van der Waals surface area contributed by atoms with Crippen molar-refractivity contribution in [3.05, 3.63) is 0 Å². The van der Waals surface area contributed by atoms with Crippen LogP contribution in [0.4, 0.5) is 0 Å². The molecule has 0 bridgehead atoms. The molecule has 0 aliphatic heterocycles. The van der Waals surface area contributed by atoms with E-state index in [9.17, 15) is 4.79 Å². The second kappa shape index (κ2) is 6.79. The number of carbonyl (C=O) groups excluding carboxylic acids is 1. The van der Waals surface area contributed by atoms with E-state index in [2.05, 4.69) is 24.3 Å². The molecule has 0 heterocycles. The quantitative estimate of drug-likeness (QED) is 0.615. The molecule has 0 saturated heterocycles. The van der Waals surface area contributed by atoms with Crippen LogP contribution in [0, 0.1) is 0 Å². The van der Waals surface area contributed by atoms with Crippen LogP contribution in [0.1, 0.15) is 13.3 Å². The van der Waals surface area contributed by atoms with E-state index >= 15 is 0 Å². The third-order valence-electron chi connectivity index (χ3n) is 2.04. The van der Waals surface area contributed by atoms with Crippen LogP contribution in [-0.4, -0.2) is 63.0 Å². The molecule has 1 atom stereocenters. The highest BCUT2D eigenvalue weighted by atomic mass is 16.2. The van der Waals surface area contributed by atoms with E-state index in [1.807, 2.05) is 6.92 Å². The van der Waals surface area contributed by atoms with Crippen LogP contribution >= 0.6 is 0 Å². The molecule has 0 saturated carbocycles. The molecule has 4 heteroatoms. The van der Waals surface area contributed by atoms with Crippen molar-refractivity contribution in [2.45, 2.75) is 19.4 Å². The molecule has 1 amide bonds. The van der Waals surface area contributed by atoms with Crippen molar-refractivity contribution in [2.75, 3.05) is 41.3 Å². The van der Waals surface area contributed by atoms with Gasteiger partial charge in [0.25, 0.3) is 0 Å². The summed E-state index contributed by atoms with van der Waals surface area (Å²) in [5.74, 6) is 0.134. The Morgan fingerprint density at radius 2 is 1.86 bits per heavy atom. The van der Waals surface area contributed by atoms with Gasteiger partial charge >= 0.3 is 0 Å². The van der Waals surface area contributed by atoms with Crippen LogP contribution in [0.2, 0.25) is 0 Å². The van der Waals surface area contributed by atoms with Gasteiger partial charge in [-0.15, -0.1) is 0 Å². The molecule has 1 unspecified atom stereocenters. The molecule has 0 aliphatic carbocycles. The van der Waals surface area contributed by atoms with Crippen LogP contribution in [0.3, 0.4) is 0 Å². The van der Waals surface area contributed by atoms with Gasteiger partial charge in [0.2, 0.25) is 5.91 Å². The summed E-state index contributed by atoms with van der Waals surface area (Å²) in [7, 11) is 7.66. The highest BCUT2D eigenvalue weighted by molar-refractivity contribution is 5.80. The van der Waals surface area contributed by atoms with Crippen LogP contribution in [0.15, 0.2) is 0 Å².